The highest BCUT2D eigenvalue weighted by Crippen LogP contribution is 2.23. The summed E-state index contributed by atoms with van der Waals surface area (Å²) >= 11 is 0. The van der Waals surface area contributed by atoms with Crippen molar-refractivity contribution in [1.82, 2.24) is 10.2 Å². The number of rotatable bonds is 4. The van der Waals surface area contributed by atoms with Crippen LogP contribution in [0, 0.1) is 10.1 Å². The lowest BCUT2D eigenvalue weighted by atomic mass is 10.2. The first kappa shape index (κ1) is 16.5. The number of non-ortho nitro benzene ring substituents is 1. The molecule has 3 rings (SSSR count). The quantitative estimate of drug-likeness (QED) is 0.414. The molecule has 0 aliphatic carbocycles. The molecule has 0 atom stereocenters. The number of anilines is 1. The zero-order valence-corrected chi connectivity index (χ0v) is 13.1. The Kier molecular flexibility index (Phi) is 3.93. The van der Waals surface area contributed by atoms with E-state index in [9.17, 15) is 27.2 Å². The molecule has 1 heterocycles. The van der Waals surface area contributed by atoms with E-state index in [2.05, 4.69) is 15.5 Å². The van der Waals surface area contributed by atoms with Gasteiger partial charge in [0.1, 0.15) is 4.90 Å². The summed E-state index contributed by atoms with van der Waals surface area (Å²) in [6.45, 7) is 0. The van der Waals surface area contributed by atoms with Crippen LogP contribution in [0.3, 0.4) is 0 Å². The molecule has 0 aliphatic rings. The number of nitrogens with zero attached hydrogens (tertiary/aromatic N) is 2. The van der Waals surface area contributed by atoms with E-state index in [4.69, 9.17) is 0 Å². The van der Waals surface area contributed by atoms with Gasteiger partial charge in [-0.3, -0.25) is 20.0 Å². The number of hydrogen-bond donors (Lipinski definition) is 2. The molecule has 0 unspecified atom stereocenters. The van der Waals surface area contributed by atoms with Crippen molar-refractivity contribution in [2.45, 2.75) is 4.90 Å². The smallest absolute Gasteiger partial charge is 0.321 e. The molecule has 2 N–H and O–H groups in total. The van der Waals surface area contributed by atoms with Gasteiger partial charge in [0.15, 0.2) is 5.69 Å². The highest BCUT2D eigenvalue weighted by Gasteiger charge is 2.18. The van der Waals surface area contributed by atoms with Crippen molar-refractivity contribution in [3.05, 3.63) is 58.3 Å². The Labute approximate surface area is 139 Å². The molecule has 0 saturated heterocycles. The van der Waals surface area contributed by atoms with Crippen molar-refractivity contribution < 1.29 is 22.0 Å². The third-order valence-corrected chi connectivity index (χ3v) is 4.16. The lowest BCUT2D eigenvalue weighted by molar-refractivity contribution is -0.384. The fourth-order valence-electron chi connectivity index (χ4n) is 2.20. The van der Waals surface area contributed by atoms with Crippen LogP contribution >= 0.6 is 0 Å². The first-order valence-electron chi connectivity index (χ1n) is 6.74. The van der Waals surface area contributed by atoms with Gasteiger partial charge in [0.25, 0.3) is 11.6 Å². The van der Waals surface area contributed by atoms with E-state index < -0.39 is 25.9 Å². The fourth-order valence-corrected chi connectivity index (χ4v) is 2.71. The number of carbonyl (C=O) groups excluding carboxylic acids is 1. The molecule has 2 aromatic carbocycles. The van der Waals surface area contributed by atoms with Crippen molar-refractivity contribution in [3.63, 3.8) is 0 Å². The first-order chi connectivity index (χ1) is 11.8. The van der Waals surface area contributed by atoms with E-state index in [-0.39, 0.29) is 22.5 Å². The number of halogens is 1. The van der Waals surface area contributed by atoms with Crippen molar-refractivity contribution in [2.75, 3.05) is 5.32 Å². The van der Waals surface area contributed by atoms with Crippen molar-refractivity contribution >= 4 is 38.4 Å². The van der Waals surface area contributed by atoms with E-state index in [0.29, 0.717) is 5.52 Å². The molecule has 0 fully saturated rings. The van der Waals surface area contributed by atoms with Crippen LogP contribution in [0.4, 0.5) is 15.3 Å². The van der Waals surface area contributed by atoms with Gasteiger partial charge in [-0.2, -0.15) is 13.5 Å². The van der Waals surface area contributed by atoms with E-state index in [1.165, 1.54) is 30.3 Å². The van der Waals surface area contributed by atoms with E-state index in [0.717, 1.165) is 12.1 Å². The number of fused-ring (bicyclic) bond motifs is 1. The summed E-state index contributed by atoms with van der Waals surface area (Å²) in [7, 11) is -4.91. The zero-order valence-electron chi connectivity index (χ0n) is 12.3. The molecule has 0 radical (unpaired) electrons. The number of carbonyl (C=O) groups is 1. The van der Waals surface area contributed by atoms with Gasteiger partial charge < -0.3 is 5.32 Å². The number of nitrogens with one attached hydrogen (secondary N) is 2. The Balaban J connectivity index is 1.95. The van der Waals surface area contributed by atoms with Crippen LogP contribution in [0.1, 0.15) is 10.5 Å². The Morgan fingerprint density at radius 3 is 2.68 bits per heavy atom. The van der Waals surface area contributed by atoms with E-state index in [1.54, 1.807) is 0 Å². The number of benzene rings is 2. The monoisotopic (exact) mass is 364 g/mol. The molecule has 0 aliphatic heterocycles. The normalized spacial score (nSPS) is 11.4. The van der Waals surface area contributed by atoms with E-state index >= 15 is 0 Å². The fraction of sp³-hybridized carbons (Fsp3) is 0. The van der Waals surface area contributed by atoms with Crippen LogP contribution < -0.4 is 5.32 Å². The third kappa shape index (κ3) is 3.30. The van der Waals surface area contributed by atoms with Gasteiger partial charge in [-0.1, -0.05) is 6.07 Å². The van der Waals surface area contributed by atoms with Crippen LogP contribution in [0.15, 0.2) is 47.4 Å². The van der Waals surface area contributed by atoms with Gasteiger partial charge in [-0.05, 0) is 24.3 Å². The van der Waals surface area contributed by atoms with E-state index in [1.807, 2.05) is 0 Å². The summed E-state index contributed by atoms with van der Waals surface area (Å²) in [5, 5.41) is 19.8. The number of hydrogen-bond acceptors (Lipinski definition) is 6. The molecule has 0 saturated carbocycles. The molecule has 1 aromatic heterocycles. The number of nitro groups is 1. The SMILES string of the molecule is O=C(Nc1cccc(S(=O)(=O)F)c1)c1n[nH]c2ccc([N+](=O)[O-])cc12. The van der Waals surface area contributed by atoms with Gasteiger partial charge >= 0.3 is 10.2 Å². The minimum atomic E-state index is -4.91. The van der Waals surface area contributed by atoms with Gasteiger partial charge in [-0.15, -0.1) is 3.89 Å². The average molecular weight is 364 g/mol. The highest BCUT2D eigenvalue weighted by atomic mass is 32.3. The standard InChI is InChI=1S/C14H9FN4O5S/c15-25(23,24)10-3-1-2-8(6-10)16-14(20)13-11-7-9(19(21)22)4-5-12(11)17-18-13/h1-7H,(H,16,20)(H,17,18). The van der Waals surface area contributed by atoms with Gasteiger partial charge in [-0.25, -0.2) is 0 Å². The summed E-state index contributed by atoms with van der Waals surface area (Å²) in [5.74, 6) is -0.736. The van der Waals surface area contributed by atoms with Crippen molar-refractivity contribution in [3.8, 4) is 0 Å². The maximum absolute atomic E-state index is 13.0. The molecular formula is C14H9FN4O5S. The molecule has 0 bridgehead atoms. The Bertz CT molecular complexity index is 1110. The van der Waals surface area contributed by atoms with Crippen LogP contribution in [0.25, 0.3) is 10.9 Å². The second-order valence-corrected chi connectivity index (χ2v) is 6.33. The Hall–Kier alpha value is -3.34. The Morgan fingerprint density at radius 1 is 1.24 bits per heavy atom. The van der Waals surface area contributed by atoms with Gasteiger partial charge in [0.05, 0.1) is 10.4 Å². The van der Waals surface area contributed by atoms with Gasteiger partial charge in [0, 0.05) is 23.2 Å². The molecule has 0 spiro atoms. The molecule has 11 heteroatoms. The number of H-pyrrole nitrogens is 1. The summed E-state index contributed by atoms with van der Waals surface area (Å²) < 4.78 is 34.8. The number of aromatic nitrogens is 2. The second kappa shape index (κ2) is 5.94. The van der Waals surface area contributed by atoms with Crippen molar-refractivity contribution in [1.29, 1.82) is 0 Å². The molecule has 3 aromatic rings. The summed E-state index contributed by atoms with van der Waals surface area (Å²) in [6.07, 6.45) is 0. The van der Waals surface area contributed by atoms with Crippen LogP contribution in [-0.4, -0.2) is 29.4 Å². The third-order valence-electron chi connectivity index (χ3n) is 3.35. The zero-order chi connectivity index (χ0) is 18.2. The minimum Gasteiger partial charge on any atom is -0.321 e. The maximum atomic E-state index is 13.0. The second-order valence-electron chi connectivity index (χ2n) is 4.98. The minimum absolute atomic E-state index is 0.0327. The number of amides is 1. The lowest BCUT2D eigenvalue weighted by Crippen LogP contribution is -2.13. The van der Waals surface area contributed by atoms with Crippen LogP contribution in [0.5, 0.6) is 0 Å². The maximum Gasteiger partial charge on any atom is 0.332 e. The topological polar surface area (TPSA) is 135 Å². The predicted molar refractivity (Wildman–Crippen MR) is 85.4 cm³/mol. The predicted octanol–water partition coefficient (Wildman–Crippen LogP) is 2.38. The molecule has 1 amide bonds. The van der Waals surface area contributed by atoms with Crippen molar-refractivity contribution in [2.24, 2.45) is 0 Å². The summed E-state index contributed by atoms with van der Waals surface area (Å²) in [5.41, 5.74) is 0.113. The molecule has 25 heavy (non-hydrogen) atoms. The Morgan fingerprint density at radius 2 is 2.00 bits per heavy atom. The molecule has 128 valence electrons. The first-order valence-corrected chi connectivity index (χ1v) is 8.12. The van der Waals surface area contributed by atoms with Crippen LogP contribution in [-0.2, 0) is 10.2 Å². The lowest BCUT2D eigenvalue weighted by Gasteiger charge is -2.04. The largest absolute Gasteiger partial charge is 0.332 e. The molecular weight excluding hydrogens is 355 g/mol. The number of aromatic amines is 1. The average Bonchev–Trinajstić information content (AvgIpc) is 2.97. The number of nitro benzene ring substituents is 1. The van der Waals surface area contributed by atoms with Crippen LogP contribution in [0.2, 0.25) is 0 Å². The summed E-state index contributed by atoms with van der Waals surface area (Å²) in [6, 6.07) is 8.48. The van der Waals surface area contributed by atoms with Gasteiger partial charge in [0.2, 0.25) is 0 Å². The summed E-state index contributed by atoms with van der Waals surface area (Å²) in [4.78, 5) is 22.0. The highest BCUT2D eigenvalue weighted by molar-refractivity contribution is 7.86. The molecule has 9 nitrogen and oxygen atoms in total.